The van der Waals surface area contributed by atoms with Crippen LogP contribution in [0.1, 0.15) is 5.69 Å². The third-order valence-electron chi connectivity index (χ3n) is 4.28. The van der Waals surface area contributed by atoms with E-state index in [1.165, 1.54) is 11.8 Å². The van der Waals surface area contributed by atoms with Gasteiger partial charge in [0.1, 0.15) is 0 Å². The molecular weight excluding hydrogens is 418 g/mol. The first kappa shape index (κ1) is 20.1. The lowest BCUT2D eigenvalue weighted by Crippen LogP contribution is -2.25. The van der Waals surface area contributed by atoms with Crippen LogP contribution < -0.4 is 5.32 Å². The lowest BCUT2D eigenvalue weighted by molar-refractivity contribution is -0.118. The van der Waals surface area contributed by atoms with E-state index in [0.29, 0.717) is 22.5 Å². The van der Waals surface area contributed by atoms with E-state index in [0.717, 1.165) is 16.9 Å². The van der Waals surface area contributed by atoms with Gasteiger partial charge in [-0.05, 0) is 48.5 Å². The number of hydrogen-bond acceptors (Lipinski definition) is 5. The lowest BCUT2D eigenvalue weighted by Gasteiger charge is -2.10. The summed E-state index contributed by atoms with van der Waals surface area (Å²) >= 11 is 7.36. The van der Waals surface area contributed by atoms with Crippen LogP contribution in [0.25, 0.3) is 17.1 Å². The van der Waals surface area contributed by atoms with Gasteiger partial charge >= 0.3 is 0 Å². The molecule has 4 rings (SSSR count). The number of nitrogens with one attached hydrogen (secondary N) is 1. The molecular formula is C22H18ClN5OS. The Kier molecular flexibility index (Phi) is 6.41. The van der Waals surface area contributed by atoms with Gasteiger partial charge in [-0.15, -0.1) is 10.2 Å². The third kappa shape index (κ3) is 4.87. The molecule has 0 aliphatic carbocycles. The Hall–Kier alpha value is -3.16. The quantitative estimate of drug-likeness (QED) is 0.436. The molecule has 0 radical (unpaired) electrons. The second-order valence-electron chi connectivity index (χ2n) is 6.37. The molecule has 150 valence electrons. The minimum Gasteiger partial charge on any atom is -0.350 e. The van der Waals surface area contributed by atoms with Crippen LogP contribution in [0.2, 0.25) is 5.02 Å². The van der Waals surface area contributed by atoms with Crippen LogP contribution in [0.4, 0.5) is 0 Å². The molecule has 2 aromatic heterocycles. The average Bonchev–Trinajstić information content (AvgIpc) is 3.22. The highest BCUT2D eigenvalue weighted by Gasteiger charge is 2.17. The molecule has 0 bridgehead atoms. The first-order valence-electron chi connectivity index (χ1n) is 9.27. The Morgan fingerprint density at radius 3 is 2.47 bits per heavy atom. The standard InChI is InChI=1S/C22H18ClN5OS/c23-17-11-9-16(10-12-17)21-26-27-22(28(21)19-7-2-1-3-8-19)30-15-20(29)25-14-18-6-4-5-13-24-18/h1-13H,14-15H2,(H,25,29). The number of nitrogens with zero attached hydrogens (tertiary/aromatic N) is 4. The van der Waals surface area contributed by atoms with E-state index >= 15 is 0 Å². The minimum atomic E-state index is -0.0960. The van der Waals surface area contributed by atoms with Gasteiger partial charge in [-0.25, -0.2) is 0 Å². The van der Waals surface area contributed by atoms with E-state index in [1.807, 2.05) is 77.4 Å². The number of carbonyl (C=O) groups excluding carboxylic acids is 1. The Balaban J connectivity index is 1.53. The topological polar surface area (TPSA) is 72.7 Å². The third-order valence-corrected chi connectivity index (χ3v) is 5.46. The minimum absolute atomic E-state index is 0.0960. The van der Waals surface area contributed by atoms with Gasteiger partial charge in [0.15, 0.2) is 11.0 Å². The summed E-state index contributed by atoms with van der Waals surface area (Å²) in [7, 11) is 0. The molecule has 0 unspecified atom stereocenters. The monoisotopic (exact) mass is 435 g/mol. The first-order chi connectivity index (χ1) is 14.7. The number of thioether (sulfide) groups is 1. The molecule has 0 saturated heterocycles. The first-order valence-corrected chi connectivity index (χ1v) is 10.6. The van der Waals surface area contributed by atoms with Gasteiger partial charge in [0, 0.05) is 22.5 Å². The number of rotatable bonds is 7. The molecule has 0 saturated carbocycles. The summed E-state index contributed by atoms with van der Waals surface area (Å²) in [6.07, 6.45) is 1.71. The highest BCUT2D eigenvalue weighted by molar-refractivity contribution is 7.99. The number of amides is 1. The smallest absolute Gasteiger partial charge is 0.230 e. The zero-order chi connectivity index (χ0) is 20.8. The molecule has 1 amide bonds. The van der Waals surface area contributed by atoms with E-state index in [4.69, 9.17) is 11.6 Å². The van der Waals surface area contributed by atoms with Crippen LogP contribution in [0.15, 0.2) is 84.1 Å². The van der Waals surface area contributed by atoms with Crippen molar-refractivity contribution in [3.05, 3.63) is 89.7 Å². The fraction of sp³-hybridized carbons (Fsp3) is 0.0909. The lowest BCUT2D eigenvalue weighted by atomic mass is 10.2. The molecule has 0 fully saturated rings. The molecule has 1 N–H and O–H groups in total. The Morgan fingerprint density at radius 2 is 1.73 bits per heavy atom. The summed E-state index contributed by atoms with van der Waals surface area (Å²) in [5.74, 6) is 0.814. The van der Waals surface area contributed by atoms with Crippen molar-refractivity contribution in [3.63, 3.8) is 0 Å². The van der Waals surface area contributed by atoms with Crippen LogP contribution >= 0.6 is 23.4 Å². The van der Waals surface area contributed by atoms with Crippen molar-refractivity contribution >= 4 is 29.3 Å². The number of para-hydroxylation sites is 1. The molecule has 0 spiro atoms. The van der Waals surface area contributed by atoms with Gasteiger partial charge in [-0.3, -0.25) is 14.3 Å². The van der Waals surface area contributed by atoms with Gasteiger partial charge < -0.3 is 5.32 Å². The highest BCUT2D eigenvalue weighted by Crippen LogP contribution is 2.28. The number of hydrogen-bond donors (Lipinski definition) is 1. The summed E-state index contributed by atoms with van der Waals surface area (Å²) in [5, 5.41) is 12.9. The van der Waals surface area contributed by atoms with Gasteiger partial charge in [0.05, 0.1) is 18.0 Å². The molecule has 8 heteroatoms. The molecule has 0 aliphatic rings. The maximum atomic E-state index is 12.3. The largest absolute Gasteiger partial charge is 0.350 e. The maximum Gasteiger partial charge on any atom is 0.230 e. The molecule has 0 atom stereocenters. The van der Waals surface area contributed by atoms with Gasteiger partial charge in [0.25, 0.3) is 0 Å². The summed E-state index contributed by atoms with van der Waals surface area (Å²) < 4.78 is 1.94. The van der Waals surface area contributed by atoms with Crippen LogP contribution in [-0.2, 0) is 11.3 Å². The van der Waals surface area contributed by atoms with Crippen LogP contribution in [0.3, 0.4) is 0 Å². The SMILES string of the molecule is O=C(CSc1nnc(-c2ccc(Cl)cc2)n1-c1ccccc1)NCc1ccccn1. The van der Waals surface area contributed by atoms with Crippen molar-refractivity contribution in [2.75, 3.05) is 5.75 Å². The molecule has 30 heavy (non-hydrogen) atoms. The van der Waals surface area contributed by atoms with Crippen LogP contribution in [0.5, 0.6) is 0 Å². The van der Waals surface area contributed by atoms with E-state index in [2.05, 4.69) is 20.5 Å². The van der Waals surface area contributed by atoms with Crippen LogP contribution in [-0.4, -0.2) is 31.4 Å². The predicted molar refractivity (Wildman–Crippen MR) is 119 cm³/mol. The van der Waals surface area contributed by atoms with E-state index in [1.54, 1.807) is 6.20 Å². The fourth-order valence-electron chi connectivity index (χ4n) is 2.83. The zero-order valence-corrected chi connectivity index (χ0v) is 17.5. The Bertz CT molecular complexity index is 1120. The van der Waals surface area contributed by atoms with E-state index in [9.17, 15) is 4.79 Å². The normalized spacial score (nSPS) is 10.7. The van der Waals surface area contributed by atoms with E-state index < -0.39 is 0 Å². The fourth-order valence-corrected chi connectivity index (χ4v) is 3.74. The van der Waals surface area contributed by atoms with Crippen molar-refractivity contribution in [2.24, 2.45) is 0 Å². The molecule has 2 heterocycles. The average molecular weight is 436 g/mol. The molecule has 2 aromatic carbocycles. The summed E-state index contributed by atoms with van der Waals surface area (Å²) in [4.78, 5) is 16.5. The number of benzene rings is 2. The van der Waals surface area contributed by atoms with Crippen LogP contribution in [0, 0.1) is 0 Å². The number of carbonyl (C=O) groups is 1. The van der Waals surface area contributed by atoms with Crippen molar-refractivity contribution in [1.29, 1.82) is 0 Å². The molecule has 6 nitrogen and oxygen atoms in total. The van der Waals surface area contributed by atoms with Crippen molar-refractivity contribution in [3.8, 4) is 17.1 Å². The van der Waals surface area contributed by atoms with Crippen molar-refractivity contribution < 1.29 is 4.79 Å². The second kappa shape index (κ2) is 9.56. The summed E-state index contributed by atoms with van der Waals surface area (Å²) in [5.41, 5.74) is 2.62. The van der Waals surface area contributed by atoms with E-state index in [-0.39, 0.29) is 11.7 Å². The van der Waals surface area contributed by atoms with Gasteiger partial charge in [-0.1, -0.05) is 47.6 Å². The predicted octanol–water partition coefficient (Wildman–Crippen LogP) is 4.39. The summed E-state index contributed by atoms with van der Waals surface area (Å²) in [6, 6.07) is 22.9. The highest BCUT2D eigenvalue weighted by atomic mass is 35.5. The molecule has 4 aromatic rings. The number of pyridine rings is 1. The van der Waals surface area contributed by atoms with Crippen molar-refractivity contribution in [1.82, 2.24) is 25.1 Å². The van der Waals surface area contributed by atoms with Gasteiger partial charge in [0.2, 0.25) is 5.91 Å². The zero-order valence-electron chi connectivity index (χ0n) is 15.9. The summed E-state index contributed by atoms with van der Waals surface area (Å²) in [6.45, 7) is 0.391. The molecule has 0 aliphatic heterocycles. The Labute approximate surface area is 183 Å². The number of aromatic nitrogens is 4. The second-order valence-corrected chi connectivity index (χ2v) is 7.75. The van der Waals surface area contributed by atoms with Crippen molar-refractivity contribution in [2.45, 2.75) is 11.7 Å². The maximum absolute atomic E-state index is 12.3. The Morgan fingerprint density at radius 1 is 0.967 bits per heavy atom. The van der Waals surface area contributed by atoms with Gasteiger partial charge in [-0.2, -0.15) is 0 Å². The number of halogens is 1.